The van der Waals surface area contributed by atoms with E-state index < -0.39 is 0 Å². The topological polar surface area (TPSA) is 29.3 Å². The van der Waals surface area contributed by atoms with Crippen LogP contribution in [0.3, 0.4) is 0 Å². The Hall–Kier alpha value is -0.0800. The molecule has 2 nitrogen and oxygen atoms in total. The van der Waals surface area contributed by atoms with E-state index in [1.165, 1.54) is 70.8 Å². The molecule has 0 aromatic heterocycles. The molecule has 2 fully saturated rings. The molecule has 0 amide bonds. The number of unbranched alkanes of at least 4 members (excludes halogenated alkanes) is 4. The summed E-state index contributed by atoms with van der Waals surface area (Å²) >= 11 is 0. The van der Waals surface area contributed by atoms with Gasteiger partial charge in [0.1, 0.15) is 0 Å². The van der Waals surface area contributed by atoms with Crippen LogP contribution in [-0.2, 0) is 0 Å². The largest absolute Gasteiger partial charge is 0.326 e. The third-order valence-electron chi connectivity index (χ3n) is 5.44. The fraction of sp³-hybridized carbons (Fsp3) is 1.00. The molecule has 2 rings (SSSR count). The van der Waals surface area contributed by atoms with Gasteiger partial charge in [0.15, 0.2) is 0 Å². The van der Waals surface area contributed by atoms with Crippen LogP contribution in [0.5, 0.6) is 0 Å². The van der Waals surface area contributed by atoms with Gasteiger partial charge in [-0.2, -0.15) is 0 Å². The van der Waals surface area contributed by atoms with Crippen molar-refractivity contribution in [1.29, 1.82) is 0 Å². The Morgan fingerprint density at radius 1 is 1.00 bits per heavy atom. The zero-order chi connectivity index (χ0) is 13.7. The molecule has 19 heavy (non-hydrogen) atoms. The lowest BCUT2D eigenvalue weighted by Crippen LogP contribution is -2.44. The predicted octanol–water partition coefficient (Wildman–Crippen LogP) is 3.94. The maximum absolute atomic E-state index is 6.38. The highest BCUT2D eigenvalue weighted by Crippen LogP contribution is 2.39. The lowest BCUT2D eigenvalue weighted by molar-refractivity contribution is 0.128. The lowest BCUT2D eigenvalue weighted by atomic mass is 9.98. The van der Waals surface area contributed by atoms with E-state index in [2.05, 4.69) is 18.7 Å². The average Bonchev–Trinajstić information content (AvgIpc) is 2.93. The van der Waals surface area contributed by atoms with Crippen LogP contribution in [0.2, 0.25) is 0 Å². The molecule has 0 radical (unpaired) electrons. The Morgan fingerprint density at radius 3 is 2.05 bits per heavy atom. The van der Waals surface area contributed by atoms with Crippen molar-refractivity contribution in [2.75, 3.05) is 6.54 Å². The molecule has 2 aliphatic rings. The number of hydrogen-bond acceptors (Lipinski definition) is 2. The highest BCUT2D eigenvalue weighted by Gasteiger charge is 2.46. The smallest absolute Gasteiger partial charge is 0.0253 e. The summed E-state index contributed by atoms with van der Waals surface area (Å²) < 4.78 is 0. The molecule has 112 valence electrons. The quantitative estimate of drug-likeness (QED) is 0.641. The summed E-state index contributed by atoms with van der Waals surface area (Å²) in [5.41, 5.74) is 6.38. The summed E-state index contributed by atoms with van der Waals surface area (Å²) in [4.78, 5) is 2.81. The number of fused-ring (bicyclic) bond motifs is 2. The highest BCUT2D eigenvalue weighted by atomic mass is 15.2. The van der Waals surface area contributed by atoms with E-state index in [0.29, 0.717) is 6.04 Å². The predicted molar refractivity (Wildman–Crippen MR) is 83.3 cm³/mol. The van der Waals surface area contributed by atoms with Crippen molar-refractivity contribution < 1.29 is 0 Å². The van der Waals surface area contributed by atoms with Crippen molar-refractivity contribution in [1.82, 2.24) is 4.90 Å². The summed E-state index contributed by atoms with van der Waals surface area (Å²) in [7, 11) is 0. The van der Waals surface area contributed by atoms with Crippen LogP contribution >= 0.6 is 0 Å². The zero-order valence-corrected chi connectivity index (χ0v) is 13.1. The van der Waals surface area contributed by atoms with Crippen molar-refractivity contribution >= 4 is 0 Å². The van der Waals surface area contributed by atoms with Crippen LogP contribution in [0, 0.1) is 5.92 Å². The van der Waals surface area contributed by atoms with Crippen LogP contribution in [-0.4, -0.2) is 29.6 Å². The Labute approximate surface area is 120 Å². The van der Waals surface area contributed by atoms with Crippen LogP contribution in [0.1, 0.15) is 78.1 Å². The maximum Gasteiger partial charge on any atom is 0.0253 e. The SMILES string of the molecule is CCCCCC(CCCCC)N1CC2CCC1[C@@H]2N. The van der Waals surface area contributed by atoms with Gasteiger partial charge in [0, 0.05) is 24.7 Å². The first-order valence-corrected chi connectivity index (χ1v) is 8.79. The van der Waals surface area contributed by atoms with Crippen molar-refractivity contribution in [2.24, 2.45) is 11.7 Å². The molecule has 3 atom stereocenters. The van der Waals surface area contributed by atoms with Gasteiger partial charge in [0.2, 0.25) is 0 Å². The first-order valence-electron chi connectivity index (χ1n) is 8.79. The second kappa shape index (κ2) is 7.64. The third kappa shape index (κ3) is 3.72. The molecule has 1 aliphatic heterocycles. The van der Waals surface area contributed by atoms with Gasteiger partial charge < -0.3 is 5.73 Å². The van der Waals surface area contributed by atoms with E-state index in [0.717, 1.165) is 18.0 Å². The standard InChI is InChI=1S/C17H34N2/c1-3-5-7-9-15(10-8-6-4-2)19-13-14-11-12-16(19)17(14)18/h14-17H,3-13,18H2,1-2H3/t14?,16?,17-/m1/s1. The molecule has 0 aromatic rings. The average molecular weight is 266 g/mol. The maximum atomic E-state index is 6.38. The monoisotopic (exact) mass is 266 g/mol. The van der Waals surface area contributed by atoms with E-state index in [1.807, 2.05) is 0 Å². The van der Waals surface area contributed by atoms with E-state index >= 15 is 0 Å². The normalized spacial score (nSPS) is 30.6. The minimum atomic E-state index is 0.486. The van der Waals surface area contributed by atoms with E-state index in [1.54, 1.807) is 0 Å². The van der Waals surface area contributed by atoms with Crippen molar-refractivity contribution in [3.8, 4) is 0 Å². The second-order valence-corrected chi connectivity index (χ2v) is 6.82. The van der Waals surface area contributed by atoms with Crippen molar-refractivity contribution in [3.63, 3.8) is 0 Å². The molecule has 2 N–H and O–H groups in total. The Bertz CT molecular complexity index is 244. The molecule has 2 heteroatoms. The second-order valence-electron chi connectivity index (χ2n) is 6.82. The summed E-state index contributed by atoms with van der Waals surface area (Å²) in [5.74, 6) is 0.810. The number of hydrogen-bond donors (Lipinski definition) is 1. The molecule has 1 saturated carbocycles. The first kappa shape index (κ1) is 15.3. The van der Waals surface area contributed by atoms with Gasteiger partial charge in [-0.1, -0.05) is 52.4 Å². The van der Waals surface area contributed by atoms with Gasteiger partial charge in [0.05, 0.1) is 0 Å². The Balaban J connectivity index is 1.85. The first-order chi connectivity index (χ1) is 9.27. The minimum Gasteiger partial charge on any atom is -0.326 e. The van der Waals surface area contributed by atoms with E-state index in [-0.39, 0.29) is 0 Å². The lowest BCUT2D eigenvalue weighted by Gasteiger charge is -2.35. The molecular formula is C17H34N2. The zero-order valence-electron chi connectivity index (χ0n) is 13.1. The fourth-order valence-corrected chi connectivity index (χ4v) is 4.25. The number of piperidine rings is 1. The van der Waals surface area contributed by atoms with Gasteiger partial charge >= 0.3 is 0 Å². The number of likely N-dealkylation sites (tertiary alicyclic amines) is 1. The molecule has 2 unspecified atom stereocenters. The van der Waals surface area contributed by atoms with E-state index in [4.69, 9.17) is 5.73 Å². The summed E-state index contributed by atoms with van der Waals surface area (Å²) in [5, 5.41) is 0. The van der Waals surface area contributed by atoms with Crippen LogP contribution in [0.4, 0.5) is 0 Å². The van der Waals surface area contributed by atoms with Crippen molar-refractivity contribution in [3.05, 3.63) is 0 Å². The number of rotatable bonds is 9. The van der Waals surface area contributed by atoms with Gasteiger partial charge in [-0.25, -0.2) is 0 Å². The van der Waals surface area contributed by atoms with Gasteiger partial charge in [-0.3, -0.25) is 4.90 Å². The van der Waals surface area contributed by atoms with Gasteiger partial charge in [-0.15, -0.1) is 0 Å². The highest BCUT2D eigenvalue weighted by molar-refractivity contribution is 5.03. The van der Waals surface area contributed by atoms with Crippen LogP contribution in [0.15, 0.2) is 0 Å². The fourth-order valence-electron chi connectivity index (χ4n) is 4.25. The summed E-state index contributed by atoms with van der Waals surface area (Å²) in [6.07, 6.45) is 13.9. The molecule has 1 heterocycles. The minimum absolute atomic E-state index is 0.486. The Morgan fingerprint density at radius 2 is 1.63 bits per heavy atom. The van der Waals surface area contributed by atoms with Gasteiger partial charge in [-0.05, 0) is 31.6 Å². The number of nitrogens with two attached hydrogens (primary N) is 1. The molecule has 0 spiro atoms. The molecule has 2 bridgehead atoms. The molecule has 1 aliphatic carbocycles. The third-order valence-corrected chi connectivity index (χ3v) is 5.44. The van der Waals surface area contributed by atoms with Crippen molar-refractivity contribution in [2.45, 2.75) is 96.2 Å². The van der Waals surface area contributed by atoms with Crippen LogP contribution in [0.25, 0.3) is 0 Å². The number of nitrogens with zero attached hydrogens (tertiary/aromatic N) is 1. The van der Waals surface area contributed by atoms with E-state index in [9.17, 15) is 0 Å². The molecule has 0 aromatic carbocycles. The van der Waals surface area contributed by atoms with Crippen LogP contribution < -0.4 is 5.73 Å². The summed E-state index contributed by atoms with van der Waals surface area (Å²) in [6.45, 7) is 5.91. The molecule has 1 saturated heterocycles. The summed E-state index contributed by atoms with van der Waals surface area (Å²) in [6, 6.07) is 2.04. The Kier molecular flexibility index (Phi) is 6.15. The van der Waals surface area contributed by atoms with Gasteiger partial charge in [0.25, 0.3) is 0 Å². The molecular weight excluding hydrogens is 232 g/mol.